The fourth-order valence-corrected chi connectivity index (χ4v) is 4.89. The highest BCUT2D eigenvalue weighted by Crippen LogP contribution is 2.30. The van der Waals surface area contributed by atoms with Crippen LogP contribution in [-0.2, 0) is 14.8 Å². The van der Waals surface area contributed by atoms with E-state index in [1.165, 1.54) is 23.5 Å². The summed E-state index contributed by atoms with van der Waals surface area (Å²) in [4.78, 5) is 16.8. The van der Waals surface area contributed by atoms with Crippen molar-refractivity contribution in [1.29, 1.82) is 0 Å². The number of imidazole rings is 1. The van der Waals surface area contributed by atoms with Crippen molar-refractivity contribution in [1.82, 2.24) is 13.9 Å². The van der Waals surface area contributed by atoms with Crippen LogP contribution in [0.5, 0.6) is 5.75 Å². The maximum atomic E-state index is 13.1. The number of rotatable bonds is 6. The Morgan fingerprint density at radius 3 is 2.68 bits per heavy atom. The van der Waals surface area contributed by atoms with Crippen molar-refractivity contribution in [3.8, 4) is 11.4 Å². The molecule has 10 heteroatoms. The first kappa shape index (κ1) is 21.0. The summed E-state index contributed by atoms with van der Waals surface area (Å²) >= 11 is 0. The third kappa shape index (κ3) is 4.46. The SMILES string of the molecule is COc1ccc(NC(=O)c2cccc(-n3ccnc3)c2)cc1S(=O)(=O)N1CCOCC1. The molecular weight excluding hydrogens is 420 g/mol. The van der Waals surface area contributed by atoms with Crippen LogP contribution in [0, 0.1) is 0 Å². The molecule has 2 heterocycles. The topological polar surface area (TPSA) is 103 Å². The van der Waals surface area contributed by atoms with Gasteiger partial charge in [-0.3, -0.25) is 4.79 Å². The second kappa shape index (κ2) is 8.88. The van der Waals surface area contributed by atoms with E-state index in [-0.39, 0.29) is 29.6 Å². The third-order valence-electron chi connectivity index (χ3n) is 4.92. The fourth-order valence-electron chi connectivity index (χ4n) is 3.30. The van der Waals surface area contributed by atoms with Gasteiger partial charge in [-0.25, -0.2) is 13.4 Å². The maximum Gasteiger partial charge on any atom is 0.255 e. The van der Waals surface area contributed by atoms with Crippen molar-refractivity contribution >= 4 is 21.6 Å². The highest BCUT2D eigenvalue weighted by atomic mass is 32.2. The molecule has 0 atom stereocenters. The molecular formula is C21H22N4O5S. The van der Waals surface area contributed by atoms with E-state index in [2.05, 4.69) is 10.3 Å². The molecule has 1 aromatic heterocycles. The van der Waals surface area contributed by atoms with Gasteiger partial charge in [0.2, 0.25) is 10.0 Å². The van der Waals surface area contributed by atoms with Crippen molar-refractivity contribution < 1.29 is 22.7 Å². The van der Waals surface area contributed by atoms with E-state index in [0.717, 1.165) is 5.69 Å². The number of anilines is 1. The van der Waals surface area contributed by atoms with Gasteiger partial charge in [-0.1, -0.05) is 6.07 Å². The van der Waals surface area contributed by atoms with E-state index in [1.807, 2.05) is 6.07 Å². The molecule has 1 aliphatic heterocycles. The zero-order valence-electron chi connectivity index (χ0n) is 16.9. The van der Waals surface area contributed by atoms with E-state index >= 15 is 0 Å². The van der Waals surface area contributed by atoms with Gasteiger partial charge in [-0.15, -0.1) is 0 Å². The lowest BCUT2D eigenvalue weighted by molar-refractivity contribution is 0.0729. The molecule has 1 aliphatic rings. The Balaban J connectivity index is 1.60. The molecule has 31 heavy (non-hydrogen) atoms. The van der Waals surface area contributed by atoms with Gasteiger partial charge in [-0.05, 0) is 36.4 Å². The Hall–Kier alpha value is -3.21. The van der Waals surface area contributed by atoms with E-state index in [9.17, 15) is 13.2 Å². The van der Waals surface area contributed by atoms with Crippen molar-refractivity contribution in [2.75, 3.05) is 38.7 Å². The van der Waals surface area contributed by atoms with Gasteiger partial charge in [0.15, 0.2) is 0 Å². The molecule has 0 saturated carbocycles. The first-order chi connectivity index (χ1) is 15.0. The minimum absolute atomic E-state index is 0.00173. The number of benzene rings is 2. The molecule has 0 radical (unpaired) electrons. The quantitative estimate of drug-likeness (QED) is 0.628. The number of amides is 1. The average Bonchev–Trinajstić information content (AvgIpc) is 3.35. The summed E-state index contributed by atoms with van der Waals surface area (Å²) in [5, 5.41) is 2.77. The minimum Gasteiger partial charge on any atom is -0.495 e. The smallest absolute Gasteiger partial charge is 0.255 e. The van der Waals surface area contributed by atoms with E-state index < -0.39 is 10.0 Å². The number of morpholine rings is 1. The Morgan fingerprint density at radius 1 is 1.16 bits per heavy atom. The highest BCUT2D eigenvalue weighted by Gasteiger charge is 2.29. The van der Waals surface area contributed by atoms with Gasteiger partial charge in [0.1, 0.15) is 10.6 Å². The summed E-state index contributed by atoms with van der Waals surface area (Å²) in [5.74, 6) is -0.145. The number of carbonyl (C=O) groups is 1. The van der Waals surface area contributed by atoms with Crippen LogP contribution in [0.1, 0.15) is 10.4 Å². The van der Waals surface area contributed by atoms with Crippen LogP contribution in [0.15, 0.2) is 66.1 Å². The summed E-state index contributed by atoms with van der Waals surface area (Å²) in [6.45, 7) is 1.21. The number of nitrogens with zero attached hydrogens (tertiary/aromatic N) is 3. The molecule has 2 aromatic carbocycles. The standard InChI is InChI=1S/C21H22N4O5S/c1-29-19-6-5-17(14-20(19)31(27,28)25-9-11-30-12-10-25)23-21(26)16-3-2-4-18(13-16)24-8-7-22-15-24/h2-8,13-15H,9-12H2,1H3,(H,23,26). The van der Waals surface area contributed by atoms with Crippen molar-refractivity contribution in [3.63, 3.8) is 0 Å². The fraction of sp³-hybridized carbons (Fsp3) is 0.238. The van der Waals surface area contributed by atoms with E-state index in [4.69, 9.17) is 9.47 Å². The minimum atomic E-state index is -3.80. The molecule has 1 saturated heterocycles. The average molecular weight is 442 g/mol. The Bertz CT molecular complexity index is 1170. The van der Waals surface area contributed by atoms with Crippen molar-refractivity contribution in [2.45, 2.75) is 4.90 Å². The van der Waals surface area contributed by atoms with Gasteiger partial charge in [0.25, 0.3) is 5.91 Å². The second-order valence-electron chi connectivity index (χ2n) is 6.86. The van der Waals surface area contributed by atoms with Crippen LogP contribution >= 0.6 is 0 Å². The van der Waals surface area contributed by atoms with Crippen LogP contribution < -0.4 is 10.1 Å². The molecule has 0 bridgehead atoms. The van der Waals surface area contributed by atoms with Crippen molar-refractivity contribution in [2.24, 2.45) is 0 Å². The second-order valence-corrected chi connectivity index (χ2v) is 8.76. The highest BCUT2D eigenvalue weighted by molar-refractivity contribution is 7.89. The van der Waals surface area contributed by atoms with Gasteiger partial charge < -0.3 is 19.4 Å². The first-order valence-corrected chi connectivity index (χ1v) is 11.1. The molecule has 1 N–H and O–H groups in total. The van der Waals surface area contributed by atoms with Gasteiger partial charge >= 0.3 is 0 Å². The number of aromatic nitrogens is 2. The first-order valence-electron chi connectivity index (χ1n) is 9.65. The summed E-state index contributed by atoms with van der Waals surface area (Å²) in [6.07, 6.45) is 5.08. The molecule has 0 unspecified atom stereocenters. The molecule has 0 aliphatic carbocycles. The predicted molar refractivity (Wildman–Crippen MR) is 114 cm³/mol. The summed E-state index contributed by atoms with van der Waals surface area (Å²) < 4.78 is 39.9. The lowest BCUT2D eigenvalue weighted by Gasteiger charge is -2.26. The van der Waals surface area contributed by atoms with E-state index in [0.29, 0.717) is 24.5 Å². The molecule has 1 fully saturated rings. The Morgan fingerprint density at radius 2 is 1.97 bits per heavy atom. The third-order valence-corrected chi connectivity index (χ3v) is 6.84. The number of hydrogen-bond acceptors (Lipinski definition) is 6. The van der Waals surface area contributed by atoms with Crippen LogP contribution in [0.25, 0.3) is 5.69 Å². The van der Waals surface area contributed by atoms with Gasteiger partial charge in [0, 0.05) is 42.4 Å². The van der Waals surface area contributed by atoms with Crippen molar-refractivity contribution in [3.05, 3.63) is 66.7 Å². The Labute approximate surface area is 180 Å². The largest absolute Gasteiger partial charge is 0.495 e. The predicted octanol–water partition coefficient (Wildman–Crippen LogP) is 2.15. The molecule has 162 valence electrons. The summed E-state index contributed by atoms with van der Waals surface area (Å²) in [5.41, 5.74) is 1.57. The lowest BCUT2D eigenvalue weighted by Crippen LogP contribution is -2.40. The molecule has 3 aromatic rings. The molecule has 0 spiro atoms. The molecule has 4 rings (SSSR count). The number of methoxy groups -OCH3 is 1. The number of sulfonamides is 1. The molecule has 1 amide bonds. The summed E-state index contributed by atoms with van der Waals surface area (Å²) in [7, 11) is -2.39. The number of hydrogen-bond donors (Lipinski definition) is 1. The summed E-state index contributed by atoms with van der Waals surface area (Å²) in [6, 6.07) is 11.6. The van der Waals surface area contributed by atoms with Crippen LogP contribution in [0.2, 0.25) is 0 Å². The Kier molecular flexibility index (Phi) is 6.03. The number of carbonyl (C=O) groups excluding carboxylic acids is 1. The zero-order chi connectivity index (χ0) is 21.8. The monoisotopic (exact) mass is 442 g/mol. The van der Waals surface area contributed by atoms with Crippen LogP contribution in [0.3, 0.4) is 0 Å². The zero-order valence-corrected chi connectivity index (χ0v) is 17.7. The lowest BCUT2D eigenvalue weighted by atomic mass is 10.2. The van der Waals surface area contributed by atoms with Crippen LogP contribution in [-0.4, -0.2) is 61.6 Å². The molecule has 9 nitrogen and oxygen atoms in total. The maximum absolute atomic E-state index is 13.1. The number of ether oxygens (including phenoxy) is 2. The normalized spacial score (nSPS) is 14.9. The van der Waals surface area contributed by atoms with Crippen LogP contribution in [0.4, 0.5) is 5.69 Å². The van der Waals surface area contributed by atoms with Gasteiger partial charge in [0.05, 0.1) is 26.7 Å². The van der Waals surface area contributed by atoms with E-state index in [1.54, 1.807) is 47.6 Å². The van der Waals surface area contributed by atoms with Gasteiger partial charge in [-0.2, -0.15) is 4.31 Å². The number of nitrogens with one attached hydrogen (secondary N) is 1.